The summed E-state index contributed by atoms with van der Waals surface area (Å²) in [6.07, 6.45) is 6.54. The summed E-state index contributed by atoms with van der Waals surface area (Å²) < 4.78 is 26.1. The van der Waals surface area contributed by atoms with Crippen molar-refractivity contribution in [3.8, 4) is 0 Å². The minimum Gasteiger partial charge on any atom is -0.476 e. The summed E-state index contributed by atoms with van der Waals surface area (Å²) >= 11 is 0. The molecule has 4 nitrogen and oxygen atoms in total. The van der Waals surface area contributed by atoms with E-state index in [1.54, 1.807) is 31.4 Å². The average Bonchev–Trinajstić information content (AvgIpc) is 2.51. The molecular formula is C17H16F2N2O2. The molecule has 2 rings (SSSR count). The fourth-order valence-corrected chi connectivity index (χ4v) is 2.14. The molecule has 0 fully saturated rings. The standard InChI is InChI=1S/C17H16F2N2O2/c1-3-8-21-11(2)4-7-15(16(21)17(22)23)20-10-12-5-6-13(18)14(19)9-12/h3-9,20H,2,10H2,1H3,(H,22,23)/b8-3-. The van der Waals surface area contributed by atoms with Crippen molar-refractivity contribution in [2.24, 2.45) is 0 Å². The second-order valence-electron chi connectivity index (χ2n) is 4.85. The lowest BCUT2D eigenvalue weighted by Crippen LogP contribution is -2.29. The molecule has 1 aromatic rings. The van der Waals surface area contributed by atoms with Gasteiger partial charge in [-0.1, -0.05) is 18.7 Å². The Bertz CT molecular complexity index is 736. The second-order valence-corrected chi connectivity index (χ2v) is 4.85. The Balaban J connectivity index is 2.27. The molecule has 0 amide bonds. The summed E-state index contributed by atoms with van der Waals surface area (Å²) in [4.78, 5) is 13.0. The first kappa shape index (κ1) is 16.5. The number of nitrogens with one attached hydrogen (secondary N) is 1. The summed E-state index contributed by atoms with van der Waals surface area (Å²) in [5.41, 5.74) is 1.38. The van der Waals surface area contributed by atoms with Crippen LogP contribution in [0.5, 0.6) is 0 Å². The molecule has 1 aliphatic heterocycles. The van der Waals surface area contributed by atoms with Crippen LogP contribution >= 0.6 is 0 Å². The van der Waals surface area contributed by atoms with E-state index in [1.807, 2.05) is 0 Å². The number of allylic oxidation sites excluding steroid dienone is 3. The molecule has 0 saturated heterocycles. The van der Waals surface area contributed by atoms with E-state index < -0.39 is 17.6 Å². The minimum absolute atomic E-state index is 0.0122. The van der Waals surface area contributed by atoms with Gasteiger partial charge < -0.3 is 15.3 Å². The minimum atomic E-state index is -1.12. The fraction of sp³-hybridized carbons (Fsp3) is 0.118. The van der Waals surface area contributed by atoms with Crippen molar-refractivity contribution in [1.29, 1.82) is 0 Å². The van der Waals surface area contributed by atoms with Crippen LogP contribution in [0.1, 0.15) is 12.5 Å². The van der Waals surface area contributed by atoms with Crippen molar-refractivity contribution in [1.82, 2.24) is 10.2 Å². The zero-order valence-corrected chi connectivity index (χ0v) is 12.5. The van der Waals surface area contributed by atoms with Crippen LogP contribution in [0.15, 0.2) is 66.3 Å². The lowest BCUT2D eigenvalue weighted by molar-refractivity contribution is -0.134. The van der Waals surface area contributed by atoms with Crippen LogP contribution in [0.3, 0.4) is 0 Å². The zero-order valence-electron chi connectivity index (χ0n) is 12.5. The summed E-state index contributed by atoms with van der Waals surface area (Å²) in [5.74, 6) is -2.99. The predicted molar refractivity (Wildman–Crippen MR) is 82.8 cm³/mol. The van der Waals surface area contributed by atoms with Crippen LogP contribution in [-0.2, 0) is 11.3 Å². The highest BCUT2D eigenvalue weighted by Crippen LogP contribution is 2.23. The molecule has 0 saturated carbocycles. The van der Waals surface area contributed by atoms with Crippen molar-refractivity contribution in [3.63, 3.8) is 0 Å². The van der Waals surface area contributed by atoms with E-state index in [0.717, 1.165) is 12.1 Å². The van der Waals surface area contributed by atoms with Gasteiger partial charge in [-0.15, -0.1) is 0 Å². The number of rotatable bonds is 5. The Morgan fingerprint density at radius 2 is 2.09 bits per heavy atom. The molecule has 0 atom stereocenters. The molecular weight excluding hydrogens is 302 g/mol. The second kappa shape index (κ2) is 6.91. The number of hydrogen-bond acceptors (Lipinski definition) is 3. The Morgan fingerprint density at radius 1 is 1.35 bits per heavy atom. The van der Waals surface area contributed by atoms with Gasteiger partial charge in [-0.05, 0) is 36.8 Å². The van der Waals surface area contributed by atoms with E-state index in [9.17, 15) is 18.7 Å². The molecule has 0 unspecified atom stereocenters. The van der Waals surface area contributed by atoms with Gasteiger partial charge in [0.15, 0.2) is 17.3 Å². The largest absolute Gasteiger partial charge is 0.476 e. The first-order valence-corrected chi connectivity index (χ1v) is 6.88. The maximum Gasteiger partial charge on any atom is 0.355 e. The Kier molecular flexibility index (Phi) is 4.95. The number of carboxylic acid groups (broad SMARTS) is 1. The van der Waals surface area contributed by atoms with E-state index in [-0.39, 0.29) is 12.2 Å². The molecule has 1 aliphatic rings. The number of halogens is 2. The Labute approximate surface area is 132 Å². The van der Waals surface area contributed by atoms with Gasteiger partial charge in [-0.3, -0.25) is 0 Å². The third-order valence-corrected chi connectivity index (χ3v) is 3.22. The first-order valence-electron chi connectivity index (χ1n) is 6.88. The number of hydrogen-bond donors (Lipinski definition) is 2. The lowest BCUT2D eigenvalue weighted by atomic mass is 10.1. The van der Waals surface area contributed by atoms with Crippen LogP contribution in [-0.4, -0.2) is 16.0 Å². The number of carbonyl (C=O) groups is 1. The van der Waals surface area contributed by atoms with Crippen molar-refractivity contribution in [3.05, 3.63) is 83.5 Å². The van der Waals surface area contributed by atoms with Gasteiger partial charge in [-0.25, -0.2) is 13.6 Å². The highest BCUT2D eigenvalue weighted by Gasteiger charge is 2.23. The van der Waals surface area contributed by atoms with Crippen molar-refractivity contribution < 1.29 is 18.7 Å². The third kappa shape index (κ3) is 3.66. The number of benzene rings is 1. The summed E-state index contributed by atoms with van der Waals surface area (Å²) in [6.45, 7) is 5.71. The van der Waals surface area contributed by atoms with Gasteiger partial charge in [0.25, 0.3) is 0 Å². The van der Waals surface area contributed by atoms with E-state index in [4.69, 9.17) is 0 Å². The normalized spacial score (nSPS) is 14.7. The molecule has 0 bridgehead atoms. The SMILES string of the molecule is C=C1C=CC(NCc2ccc(F)c(F)c2)=C(C(=O)O)N1/C=C\C. The molecule has 0 aromatic heterocycles. The van der Waals surface area contributed by atoms with E-state index in [2.05, 4.69) is 11.9 Å². The third-order valence-electron chi connectivity index (χ3n) is 3.22. The summed E-state index contributed by atoms with van der Waals surface area (Å²) in [5, 5.41) is 12.4. The smallest absolute Gasteiger partial charge is 0.355 e. The number of nitrogens with zero attached hydrogens (tertiary/aromatic N) is 1. The van der Waals surface area contributed by atoms with Crippen LogP contribution < -0.4 is 5.32 Å². The molecule has 0 aliphatic carbocycles. The van der Waals surface area contributed by atoms with Gasteiger partial charge in [0, 0.05) is 18.4 Å². The van der Waals surface area contributed by atoms with Crippen molar-refractivity contribution in [2.45, 2.75) is 13.5 Å². The maximum atomic E-state index is 13.2. The monoisotopic (exact) mass is 318 g/mol. The topological polar surface area (TPSA) is 52.6 Å². The average molecular weight is 318 g/mol. The fourth-order valence-electron chi connectivity index (χ4n) is 2.14. The lowest BCUT2D eigenvalue weighted by Gasteiger charge is -2.27. The molecule has 23 heavy (non-hydrogen) atoms. The summed E-state index contributed by atoms with van der Waals surface area (Å²) in [7, 11) is 0. The molecule has 6 heteroatoms. The van der Waals surface area contributed by atoms with Gasteiger partial charge in [0.1, 0.15) is 0 Å². The zero-order chi connectivity index (χ0) is 17.0. The Morgan fingerprint density at radius 3 is 2.70 bits per heavy atom. The van der Waals surface area contributed by atoms with Crippen LogP contribution in [0.4, 0.5) is 8.78 Å². The molecule has 0 spiro atoms. The maximum absolute atomic E-state index is 13.2. The highest BCUT2D eigenvalue weighted by atomic mass is 19.2. The van der Waals surface area contributed by atoms with Gasteiger partial charge in [0.2, 0.25) is 0 Å². The quantitative estimate of drug-likeness (QED) is 0.875. The van der Waals surface area contributed by atoms with Crippen molar-refractivity contribution >= 4 is 5.97 Å². The van der Waals surface area contributed by atoms with Crippen molar-refractivity contribution in [2.75, 3.05) is 0 Å². The first-order chi connectivity index (χ1) is 10.9. The van der Waals surface area contributed by atoms with Crippen LogP contribution in [0.25, 0.3) is 0 Å². The van der Waals surface area contributed by atoms with E-state index >= 15 is 0 Å². The number of carboxylic acids is 1. The van der Waals surface area contributed by atoms with Crippen LogP contribution in [0.2, 0.25) is 0 Å². The predicted octanol–water partition coefficient (Wildman–Crippen LogP) is 3.27. The molecule has 1 aromatic carbocycles. The molecule has 0 radical (unpaired) electrons. The van der Waals surface area contributed by atoms with E-state index in [1.165, 1.54) is 11.0 Å². The summed E-state index contributed by atoms with van der Waals surface area (Å²) in [6, 6.07) is 3.53. The molecule has 1 heterocycles. The van der Waals surface area contributed by atoms with Gasteiger partial charge in [-0.2, -0.15) is 0 Å². The van der Waals surface area contributed by atoms with Crippen LogP contribution in [0, 0.1) is 11.6 Å². The highest BCUT2D eigenvalue weighted by molar-refractivity contribution is 5.88. The number of aliphatic carboxylic acids is 1. The Hall–Kier alpha value is -2.89. The molecule has 2 N–H and O–H groups in total. The van der Waals surface area contributed by atoms with Gasteiger partial charge in [0.05, 0.1) is 5.70 Å². The van der Waals surface area contributed by atoms with E-state index in [0.29, 0.717) is 17.0 Å². The molecule has 120 valence electrons. The van der Waals surface area contributed by atoms with Gasteiger partial charge >= 0.3 is 5.97 Å².